The summed E-state index contributed by atoms with van der Waals surface area (Å²) in [6.45, 7) is 0. The van der Waals surface area contributed by atoms with Crippen LogP contribution in [-0.2, 0) is 10.3 Å². The molecule has 4 nitrogen and oxygen atoms in total. The van der Waals surface area contributed by atoms with Gasteiger partial charge in [0.05, 0.1) is 0 Å². The molecule has 2 aromatic carbocycles. The number of hydrogen-bond acceptors (Lipinski definition) is 3. The number of alkyl halides is 3. The van der Waals surface area contributed by atoms with E-state index in [-0.39, 0.29) is 11.1 Å². The number of halogens is 5. The van der Waals surface area contributed by atoms with Crippen molar-refractivity contribution < 1.29 is 26.7 Å². The summed E-state index contributed by atoms with van der Waals surface area (Å²) in [6, 6.07) is 5.39. The van der Waals surface area contributed by atoms with Gasteiger partial charge in [-0.05, 0) is 23.3 Å². The van der Waals surface area contributed by atoms with Gasteiger partial charge in [-0.15, -0.1) is 0 Å². The van der Waals surface area contributed by atoms with Gasteiger partial charge in [-0.2, -0.15) is 13.2 Å². The predicted molar refractivity (Wildman–Crippen MR) is 89.5 cm³/mol. The van der Waals surface area contributed by atoms with E-state index in [1.165, 1.54) is 18.2 Å². The van der Waals surface area contributed by atoms with Crippen LogP contribution in [0.15, 0.2) is 52.4 Å². The number of hydrogen-bond donors (Lipinski definition) is 1. The molecule has 1 heterocycles. The number of rotatable bonds is 3. The van der Waals surface area contributed by atoms with E-state index in [9.17, 15) is 26.7 Å². The molecule has 9 heteroatoms. The molecule has 0 spiro atoms. The second kappa shape index (κ2) is 6.57. The molecule has 0 fully saturated rings. The van der Waals surface area contributed by atoms with E-state index in [4.69, 9.17) is 5.73 Å². The summed E-state index contributed by atoms with van der Waals surface area (Å²) in [7, 11) is 0. The van der Waals surface area contributed by atoms with Gasteiger partial charge in [0, 0.05) is 24.1 Å². The van der Waals surface area contributed by atoms with Crippen LogP contribution in [0.2, 0.25) is 0 Å². The average Bonchev–Trinajstić information content (AvgIpc) is 2.60. The van der Waals surface area contributed by atoms with Crippen molar-refractivity contribution in [1.29, 1.82) is 0 Å². The molecular formula is C18H12F5N3O. The predicted octanol–water partition coefficient (Wildman–Crippen LogP) is 3.40. The second-order valence-electron chi connectivity index (χ2n) is 5.82. The molecule has 0 bridgehead atoms. The Morgan fingerprint density at radius 3 is 2.37 bits per heavy atom. The van der Waals surface area contributed by atoms with Gasteiger partial charge in [0.15, 0.2) is 6.04 Å². The summed E-state index contributed by atoms with van der Waals surface area (Å²) in [5.74, 6) is -3.27. The molecule has 3 rings (SSSR count). The zero-order chi connectivity index (χ0) is 19.8. The molecule has 0 aromatic heterocycles. The molecule has 2 unspecified atom stereocenters. The van der Waals surface area contributed by atoms with Crippen molar-refractivity contribution in [3.63, 3.8) is 0 Å². The summed E-state index contributed by atoms with van der Waals surface area (Å²) in [6.07, 6.45) is -3.32. The molecule has 0 aliphatic carbocycles. The van der Waals surface area contributed by atoms with Crippen LogP contribution in [0.3, 0.4) is 0 Å². The third kappa shape index (κ3) is 2.98. The Balaban J connectivity index is 2.35. The Morgan fingerprint density at radius 2 is 1.74 bits per heavy atom. The SMILES string of the molecule is NC(=O)C1N=CC=NC1(c1ccccc1-c1ccc(F)cc1F)C(F)(F)F. The number of carbonyl (C=O) groups is 1. The quantitative estimate of drug-likeness (QED) is 0.814. The van der Waals surface area contributed by atoms with E-state index in [0.29, 0.717) is 6.07 Å². The normalized spacial score (nSPS) is 22.0. The summed E-state index contributed by atoms with van der Waals surface area (Å²) >= 11 is 0. The Hall–Kier alpha value is -3.10. The zero-order valence-electron chi connectivity index (χ0n) is 13.5. The van der Waals surface area contributed by atoms with E-state index < -0.39 is 40.9 Å². The fraction of sp³-hybridized carbons (Fsp3) is 0.167. The number of nitrogens with two attached hydrogens (primary N) is 1. The number of amides is 1. The Bertz CT molecular complexity index is 954. The number of aliphatic imine (C=N–C) groups is 2. The highest BCUT2D eigenvalue weighted by Gasteiger charge is 2.64. The lowest BCUT2D eigenvalue weighted by molar-refractivity contribution is -0.195. The van der Waals surface area contributed by atoms with Crippen LogP contribution in [0, 0.1) is 11.6 Å². The van der Waals surface area contributed by atoms with Crippen LogP contribution >= 0.6 is 0 Å². The molecule has 27 heavy (non-hydrogen) atoms. The molecule has 0 saturated carbocycles. The minimum absolute atomic E-state index is 0.201. The average molecular weight is 381 g/mol. The zero-order valence-corrected chi connectivity index (χ0v) is 13.5. The lowest BCUT2D eigenvalue weighted by Crippen LogP contribution is -2.56. The first-order valence-electron chi connectivity index (χ1n) is 7.66. The summed E-state index contributed by atoms with van der Waals surface area (Å²) < 4.78 is 70.1. The first-order valence-corrected chi connectivity index (χ1v) is 7.66. The summed E-state index contributed by atoms with van der Waals surface area (Å²) in [5, 5.41) is 0. The number of carbonyl (C=O) groups excluding carboxylic acids is 1. The van der Waals surface area contributed by atoms with Crippen molar-refractivity contribution in [2.24, 2.45) is 15.7 Å². The highest BCUT2D eigenvalue weighted by atomic mass is 19.4. The van der Waals surface area contributed by atoms with E-state index in [1.54, 1.807) is 0 Å². The number of nitrogens with zero attached hydrogens (tertiary/aromatic N) is 2. The van der Waals surface area contributed by atoms with Crippen molar-refractivity contribution in [2.45, 2.75) is 17.8 Å². The molecule has 0 saturated heterocycles. The first-order chi connectivity index (χ1) is 12.7. The van der Waals surface area contributed by atoms with Gasteiger partial charge in [0.2, 0.25) is 11.4 Å². The molecule has 2 N–H and O–H groups in total. The Kier molecular flexibility index (Phi) is 4.54. The maximum absolute atomic E-state index is 14.3. The molecule has 0 radical (unpaired) electrons. The minimum atomic E-state index is -5.08. The standard InChI is InChI=1S/C18H12F5N3O/c19-10-5-6-12(14(20)9-10)11-3-1-2-4-13(11)17(18(21,22)23)15(16(24)27)25-7-8-26-17/h1-9,15H,(H2,24,27). The highest BCUT2D eigenvalue weighted by molar-refractivity contribution is 6.17. The third-order valence-electron chi connectivity index (χ3n) is 4.24. The first kappa shape index (κ1) is 18.7. The lowest BCUT2D eigenvalue weighted by atomic mass is 9.77. The van der Waals surface area contributed by atoms with Gasteiger partial charge in [-0.1, -0.05) is 24.3 Å². The molecule has 2 aromatic rings. The second-order valence-corrected chi connectivity index (χ2v) is 5.82. The van der Waals surface area contributed by atoms with Crippen molar-refractivity contribution in [3.8, 4) is 11.1 Å². The summed E-state index contributed by atoms with van der Waals surface area (Å²) in [5.41, 5.74) is 1.04. The van der Waals surface area contributed by atoms with Crippen molar-refractivity contribution in [3.05, 3.63) is 59.7 Å². The van der Waals surface area contributed by atoms with Gasteiger partial charge in [0.25, 0.3) is 0 Å². The topological polar surface area (TPSA) is 67.8 Å². The maximum Gasteiger partial charge on any atom is 0.420 e. The van der Waals surface area contributed by atoms with E-state index in [2.05, 4.69) is 9.98 Å². The minimum Gasteiger partial charge on any atom is -0.368 e. The van der Waals surface area contributed by atoms with Crippen LogP contribution < -0.4 is 5.73 Å². The molecule has 2 atom stereocenters. The van der Waals surface area contributed by atoms with Crippen LogP contribution in [-0.4, -0.2) is 30.6 Å². The lowest BCUT2D eigenvalue weighted by Gasteiger charge is -2.38. The number of primary amides is 1. The van der Waals surface area contributed by atoms with Crippen LogP contribution in [0.25, 0.3) is 11.1 Å². The largest absolute Gasteiger partial charge is 0.420 e. The van der Waals surface area contributed by atoms with Crippen LogP contribution in [0.1, 0.15) is 5.56 Å². The van der Waals surface area contributed by atoms with Crippen molar-refractivity contribution in [1.82, 2.24) is 0 Å². The van der Waals surface area contributed by atoms with Gasteiger partial charge >= 0.3 is 6.18 Å². The fourth-order valence-corrected chi connectivity index (χ4v) is 3.09. The summed E-state index contributed by atoms with van der Waals surface area (Å²) in [4.78, 5) is 18.9. The maximum atomic E-state index is 14.3. The molecule has 1 amide bonds. The van der Waals surface area contributed by atoms with Gasteiger partial charge in [0.1, 0.15) is 11.6 Å². The fourth-order valence-electron chi connectivity index (χ4n) is 3.09. The third-order valence-corrected chi connectivity index (χ3v) is 4.24. The van der Waals surface area contributed by atoms with Crippen molar-refractivity contribution >= 4 is 18.3 Å². The Labute approximate surface area is 150 Å². The van der Waals surface area contributed by atoms with Crippen LogP contribution in [0.5, 0.6) is 0 Å². The van der Waals surface area contributed by atoms with Gasteiger partial charge < -0.3 is 5.73 Å². The van der Waals surface area contributed by atoms with Gasteiger partial charge in [-0.25, -0.2) is 8.78 Å². The number of benzene rings is 2. The van der Waals surface area contributed by atoms with Gasteiger partial charge in [-0.3, -0.25) is 14.8 Å². The molecule has 1 aliphatic heterocycles. The molecular weight excluding hydrogens is 369 g/mol. The highest BCUT2D eigenvalue weighted by Crippen LogP contribution is 2.49. The molecule has 140 valence electrons. The monoisotopic (exact) mass is 381 g/mol. The van der Waals surface area contributed by atoms with E-state index >= 15 is 0 Å². The van der Waals surface area contributed by atoms with Crippen LogP contribution in [0.4, 0.5) is 22.0 Å². The Morgan fingerprint density at radius 1 is 1.04 bits per heavy atom. The van der Waals surface area contributed by atoms with Crippen molar-refractivity contribution in [2.75, 3.05) is 0 Å². The molecule has 1 aliphatic rings. The smallest absolute Gasteiger partial charge is 0.368 e. The van der Waals surface area contributed by atoms with E-state index in [0.717, 1.165) is 30.6 Å². The van der Waals surface area contributed by atoms with E-state index in [1.807, 2.05) is 0 Å².